The predicted molar refractivity (Wildman–Crippen MR) is 249 cm³/mol. The smallest absolute Gasteiger partial charge is 0.309 e. The van der Waals surface area contributed by atoms with Crippen molar-refractivity contribution in [3.63, 3.8) is 0 Å². The first kappa shape index (κ1) is 46.4. The highest BCUT2D eigenvalue weighted by Crippen LogP contribution is 2.79. The van der Waals surface area contributed by atoms with Crippen molar-refractivity contribution in [3.8, 4) is 11.3 Å². The number of aromatic amines is 1. The standard InChI is InChI=1S/C55H78FN3O7/c1-49(2)37(46(60)61)29-38(49)47(62)66-43-18-19-52(6)41(50(43,3)4)17-20-54(8)42(52)15-14-36-44-35(51(5)22-23-51)16-21-55(44,25-24-53(36,54)7)48(63)59-31-34(65-27-26-64-9)28-40(59)45-57-30-39(58-45)32-10-12-33(56)13-11-32/h10-13,30,34-38,40-44H,14-29,31H2,1-9H3,(H,57,58)(H,60,61)/t34-,35-,36-,37+,38-,40+,41+,42-,43+,44-,52?,53-,54-,55+/m1/s1. The van der Waals surface area contributed by atoms with Crippen LogP contribution in [-0.2, 0) is 28.6 Å². The van der Waals surface area contributed by atoms with Crippen molar-refractivity contribution in [1.82, 2.24) is 14.9 Å². The Morgan fingerprint density at radius 2 is 1.53 bits per heavy atom. The first-order valence-corrected chi connectivity index (χ1v) is 25.8. The summed E-state index contributed by atoms with van der Waals surface area (Å²) in [5.74, 6) is 1.10. The zero-order valence-corrected chi connectivity index (χ0v) is 41.4. The van der Waals surface area contributed by atoms with Crippen LogP contribution in [0.4, 0.5) is 4.39 Å². The molecule has 7 saturated carbocycles. The molecule has 8 aliphatic rings. The molecule has 1 amide bonds. The van der Waals surface area contributed by atoms with Crippen LogP contribution in [-0.4, -0.2) is 76.9 Å². The number of carbonyl (C=O) groups is 3. The maximum Gasteiger partial charge on any atom is 0.309 e. The molecule has 2 aromatic rings. The molecule has 0 radical (unpaired) electrons. The van der Waals surface area contributed by atoms with Gasteiger partial charge in [-0.3, -0.25) is 14.4 Å². The number of hydrogen-bond acceptors (Lipinski definition) is 7. The van der Waals surface area contributed by atoms with Crippen LogP contribution >= 0.6 is 0 Å². The van der Waals surface area contributed by atoms with Crippen LogP contribution in [0, 0.1) is 85.1 Å². The zero-order chi connectivity index (χ0) is 47.0. The number of esters is 1. The number of benzene rings is 1. The van der Waals surface area contributed by atoms with Crippen molar-refractivity contribution < 1.29 is 38.1 Å². The van der Waals surface area contributed by atoms with Crippen LogP contribution in [0.25, 0.3) is 11.3 Å². The molecule has 1 unspecified atom stereocenters. The molecule has 10 rings (SSSR count). The number of carboxylic acids is 1. The van der Waals surface area contributed by atoms with Crippen LogP contribution < -0.4 is 0 Å². The number of nitrogens with zero attached hydrogens (tertiary/aromatic N) is 2. The predicted octanol–water partition coefficient (Wildman–Crippen LogP) is 11.1. The summed E-state index contributed by atoms with van der Waals surface area (Å²) in [6.07, 6.45) is 15.5. The van der Waals surface area contributed by atoms with E-state index in [1.807, 2.05) is 20.0 Å². The fraction of sp³-hybridized carbons (Fsp3) is 0.782. The molecule has 14 atom stereocenters. The first-order valence-electron chi connectivity index (χ1n) is 25.8. The molecule has 362 valence electrons. The van der Waals surface area contributed by atoms with E-state index < -0.39 is 22.7 Å². The van der Waals surface area contributed by atoms with Gasteiger partial charge in [0, 0.05) is 25.5 Å². The second-order valence-corrected chi connectivity index (χ2v) is 25.3. The molecule has 0 spiro atoms. The highest BCUT2D eigenvalue weighted by Gasteiger charge is 2.74. The summed E-state index contributed by atoms with van der Waals surface area (Å²) in [6.45, 7) is 20.4. The number of aromatic nitrogens is 2. The number of aliphatic carboxylic acids is 1. The Morgan fingerprint density at radius 1 is 0.788 bits per heavy atom. The van der Waals surface area contributed by atoms with Crippen molar-refractivity contribution >= 4 is 17.8 Å². The third-order valence-corrected chi connectivity index (χ3v) is 22.1. The summed E-state index contributed by atoms with van der Waals surface area (Å²) in [5, 5.41) is 9.75. The number of rotatable bonds is 11. The third-order valence-electron chi connectivity index (χ3n) is 22.1. The van der Waals surface area contributed by atoms with Crippen LogP contribution in [0.1, 0.15) is 157 Å². The largest absolute Gasteiger partial charge is 0.481 e. The lowest BCUT2D eigenvalue weighted by atomic mass is 9.32. The van der Waals surface area contributed by atoms with Crippen molar-refractivity contribution in [2.75, 3.05) is 26.9 Å². The SMILES string of the molecule is COCCO[C@@H]1C[C@@H](c2ncc(-c3ccc(F)cc3)[nH]2)N(C(=O)[C@]23CC[C@@H](C4(C)CC4)[C@@H]2[C@H]2CC[C@@H]4C5(C)CC[C@H](OC(=O)[C@H]6C[C@@H](C(=O)O)C6(C)C)C(C)(C)[C@@H]5CC[C@@]4(C)[C@]2(C)CC3)C1. The topological polar surface area (TPSA) is 131 Å². The second kappa shape index (κ2) is 15.9. The Hall–Kier alpha value is -3.31. The van der Waals surface area contributed by atoms with Crippen LogP contribution in [0.15, 0.2) is 30.5 Å². The van der Waals surface area contributed by atoms with Gasteiger partial charge in [-0.2, -0.15) is 0 Å². The molecular formula is C55H78FN3O7. The summed E-state index contributed by atoms with van der Waals surface area (Å²) >= 11 is 0. The van der Waals surface area contributed by atoms with E-state index >= 15 is 4.79 Å². The number of imidazole rings is 1. The number of carbonyl (C=O) groups excluding carboxylic acids is 2. The lowest BCUT2D eigenvalue weighted by molar-refractivity contribution is -0.253. The maximum atomic E-state index is 16.1. The third kappa shape index (κ3) is 6.77. The maximum absolute atomic E-state index is 16.1. The van der Waals surface area contributed by atoms with Gasteiger partial charge in [0.25, 0.3) is 0 Å². The van der Waals surface area contributed by atoms with Gasteiger partial charge < -0.3 is 29.2 Å². The number of H-pyrrole nitrogens is 1. The van der Waals surface area contributed by atoms with Crippen molar-refractivity contribution in [2.24, 2.45) is 79.3 Å². The van der Waals surface area contributed by atoms with Crippen LogP contribution in [0.3, 0.4) is 0 Å². The minimum atomic E-state index is -0.825. The summed E-state index contributed by atoms with van der Waals surface area (Å²) in [7, 11) is 1.69. The number of likely N-dealkylation sites (tertiary alicyclic amines) is 1. The monoisotopic (exact) mass is 912 g/mol. The molecule has 2 N–H and O–H groups in total. The van der Waals surface area contributed by atoms with Gasteiger partial charge in [-0.05, 0) is 170 Å². The average Bonchev–Trinajstić information content (AvgIpc) is 3.60. The van der Waals surface area contributed by atoms with E-state index in [1.165, 1.54) is 31.4 Å². The van der Waals surface area contributed by atoms with Crippen molar-refractivity contribution in [1.29, 1.82) is 0 Å². The summed E-state index contributed by atoms with van der Waals surface area (Å²) in [4.78, 5) is 52.4. The molecule has 10 nitrogen and oxygen atoms in total. The Kier molecular flexibility index (Phi) is 11.2. The van der Waals surface area contributed by atoms with Gasteiger partial charge in [0.05, 0.1) is 54.5 Å². The number of hydrogen-bond donors (Lipinski definition) is 2. The minimum Gasteiger partial charge on any atom is -0.481 e. The van der Waals surface area contributed by atoms with E-state index in [0.717, 1.165) is 74.9 Å². The fourth-order valence-electron chi connectivity index (χ4n) is 17.7. The van der Waals surface area contributed by atoms with Crippen molar-refractivity contribution in [2.45, 2.75) is 164 Å². The molecule has 0 bridgehead atoms. The van der Waals surface area contributed by atoms with E-state index in [4.69, 9.17) is 19.2 Å². The summed E-state index contributed by atoms with van der Waals surface area (Å²) in [5.41, 5.74) is 0.992. The Labute approximate surface area is 392 Å². The molecule has 66 heavy (non-hydrogen) atoms. The molecule has 2 heterocycles. The van der Waals surface area contributed by atoms with Gasteiger partial charge >= 0.3 is 11.9 Å². The normalized spacial score (nSPS) is 42.5. The first-order chi connectivity index (χ1) is 31.1. The molecule has 8 fully saturated rings. The molecule has 7 aliphatic carbocycles. The van der Waals surface area contributed by atoms with Gasteiger partial charge in [0.1, 0.15) is 17.7 Å². The Balaban J connectivity index is 0.927. The van der Waals surface area contributed by atoms with Gasteiger partial charge in [0.15, 0.2) is 0 Å². The van der Waals surface area contributed by atoms with E-state index in [2.05, 4.69) is 51.4 Å². The second-order valence-electron chi connectivity index (χ2n) is 25.3. The Bertz CT molecular complexity index is 2220. The molecule has 1 aliphatic heterocycles. The van der Waals surface area contributed by atoms with Gasteiger partial charge in [-0.15, -0.1) is 0 Å². The van der Waals surface area contributed by atoms with Gasteiger partial charge in [-0.1, -0.05) is 55.4 Å². The number of fused-ring (bicyclic) bond motifs is 7. The highest BCUT2D eigenvalue weighted by atomic mass is 19.1. The van der Waals surface area contributed by atoms with Gasteiger partial charge in [-0.25, -0.2) is 9.37 Å². The lowest BCUT2D eigenvalue weighted by Crippen LogP contribution is -2.67. The van der Waals surface area contributed by atoms with Crippen LogP contribution in [0.5, 0.6) is 0 Å². The van der Waals surface area contributed by atoms with E-state index in [1.54, 1.807) is 19.2 Å². The molecule has 1 aromatic carbocycles. The van der Waals surface area contributed by atoms with E-state index in [9.17, 15) is 19.1 Å². The van der Waals surface area contributed by atoms with Gasteiger partial charge in [0.2, 0.25) is 5.91 Å². The molecular weight excluding hydrogens is 834 g/mol. The number of amides is 1. The Morgan fingerprint density at radius 3 is 2.21 bits per heavy atom. The highest BCUT2D eigenvalue weighted by molar-refractivity contribution is 5.85. The lowest BCUT2D eigenvalue weighted by Gasteiger charge is -2.73. The van der Waals surface area contributed by atoms with Crippen molar-refractivity contribution in [3.05, 3.63) is 42.1 Å². The molecule has 1 aromatic heterocycles. The summed E-state index contributed by atoms with van der Waals surface area (Å²) < 4.78 is 32.2. The van der Waals surface area contributed by atoms with Crippen LogP contribution in [0.2, 0.25) is 0 Å². The number of carboxylic acid groups (broad SMARTS) is 1. The number of methoxy groups -OCH3 is 1. The number of nitrogens with one attached hydrogen (secondary N) is 1. The minimum absolute atomic E-state index is 0.0808. The average molecular weight is 912 g/mol. The zero-order valence-electron chi connectivity index (χ0n) is 41.4. The number of ether oxygens (including phenoxy) is 3. The fourth-order valence-corrected chi connectivity index (χ4v) is 17.7. The van der Waals surface area contributed by atoms with E-state index in [0.29, 0.717) is 68.1 Å². The quantitative estimate of drug-likeness (QED) is 0.168. The molecule has 11 heteroatoms. The molecule has 1 saturated heterocycles. The summed E-state index contributed by atoms with van der Waals surface area (Å²) in [6, 6.07) is 6.22. The van der Waals surface area contributed by atoms with E-state index in [-0.39, 0.29) is 63.0 Å². The number of halogens is 1.